The van der Waals surface area contributed by atoms with E-state index in [0.717, 1.165) is 10.0 Å². The van der Waals surface area contributed by atoms with Gasteiger partial charge in [-0.2, -0.15) is 5.26 Å². The van der Waals surface area contributed by atoms with Crippen LogP contribution in [0.25, 0.3) is 0 Å². The van der Waals surface area contributed by atoms with E-state index in [4.69, 9.17) is 5.26 Å². The minimum absolute atomic E-state index is 0.102. The van der Waals surface area contributed by atoms with E-state index in [-0.39, 0.29) is 10.6 Å². The minimum Gasteiger partial charge on any atom is -0.380 e. The first-order chi connectivity index (χ1) is 10.0. The highest BCUT2D eigenvalue weighted by molar-refractivity contribution is 9.10. The zero-order valence-corrected chi connectivity index (χ0v) is 12.8. The van der Waals surface area contributed by atoms with Gasteiger partial charge < -0.3 is 5.32 Å². The molecule has 106 valence electrons. The number of benzene rings is 2. The fourth-order valence-electron chi connectivity index (χ4n) is 2.01. The maximum Gasteiger partial charge on any atom is 0.272 e. The Hall–Kier alpha value is -2.39. The highest BCUT2D eigenvalue weighted by atomic mass is 79.9. The smallest absolute Gasteiger partial charge is 0.272 e. The molecule has 0 aromatic heterocycles. The molecule has 21 heavy (non-hydrogen) atoms. The van der Waals surface area contributed by atoms with E-state index in [0.29, 0.717) is 23.4 Å². The fraction of sp³-hybridized carbons (Fsp3) is 0.133. The Morgan fingerprint density at radius 3 is 2.81 bits per heavy atom. The van der Waals surface area contributed by atoms with Gasteiger partial charge in [-0.1, -0.05) is 28.1 Å². The van der Waals surface area contributed by atoms with E-state index < -0.39 is 0 Å². The van der Waals surface area contributed by atoms with Gasteiger partial charge in [0.2, 0.25) is 0 Å². The molecule has 0 radical (unpaired) electrons. The average molecular weight is 346 g/mol. The lowest BCUT2D eigenvalue weighted by atomic mass is 10.1. The van der Waals surface area contributed by atoms with Crippen LogP contribution >= 0.6 is 15.9 Å². The number of anilines is 1. The summed E-state index contributed by atoms with van der Waals surface area (Å²) in [5, 5.41) is 23.2. The van der Waals surface area contributed by atoms with E-state index in [1.165, 1.54) is 6.07 Å². The van der Waals surface area contributed by atoms with Crippen molar-refractivity contribution >= 4 is 27.3 Å². The van der Waals surface area contributed by atoms with Crippen LogP contribution in [-0.2, 0) is 6.54 Å². The zero-order chi connectivity index (χ0) is 15.4. The van der Waals surface area contributed by atoms with Crippen molar-refractivity contribution in [2.75, 3.05) is 5.32 Å². The van der Waals surface area contributed by atoms with Crippen LogP contribution < -0.4 is 5.32 Å². The van der Waals surface area contributed by atoms with Crippen molar-refractivity contribution in [3.05, 3.63) is 67.7 Å². The summed E-state index contributed by atoms with van der Waals surface area (Å²) in [6.45, 7) is 2.14. The Balaban J connectivity index is 2.23. The summed E-state index contributed by atoms with van der Waals surface area (Å²) in [5.41, 5.74) is 2.78. The highest BCUT2D eigenvalue weighted by Crippen LogP contribution is 2.24. The van der Waals surface area contributed by atoms with E-state index in [9.17, 15) is 10.1 Å². The van der Waals surface area contributed by atoms with Crippen LogP contribution in [-0.4, -0.2) is 4.92 Å². The quantitative estimate of drug-likeness (QED) is 0.666. The number of hydrogen-bond donors (Lipinski definition) is 1. The summed E-state index contributed by atoms with van der Waals surface area (Å²) in [4.78, 5) is 10.5. The Morgan fingerprint density at radius 1 is 1.38 bits per heavy atom. The molecule has 0 aliphatic heterocycles. The Kier molecular flexibility index (Phi) is 4.55. The molecule has 2 aromatic rings. The largest absolute Gasteiger partial charge is 0.380 e. The molecule has 5 nitrogen and oxygen atoms in total. The van der Waals surface area contributed by atoms with E-state index in [1.54, 1.807) is 25.1 Å². The molecule has 6 heteroatoms. The topological polar surface area (TPSA) is 79.0 Å². The average Bonchev–Trinajstić information content (AvgIpc) is 2.46. The number of hydrogen-bond acceptors (Lipinski definition) is 4. The van der Waals surface area contributed by atoms with Crippen molar-refractivity contribution in [3.63, 3.8) is 0 Å². The number of nitro groups is 1. The third-order valence-electron chi connectivity index (χ3n) is 3.19. The third-order valence-corrected chi connectivity index (χ3v) is 3.68. The van der Waals surface area contributed by atoms with Gasteiger partial charge in [0.1, 0.15) is 6.07 Å². The van der Waals surface area contributed by atoms with Crippen LogP contribution in [0, 0.1) is 28.4 Å². The van der Waals surface area contributed by atoms with Crippen LogP contribution in [0.2, 0.25) is 0 Å². The van der Waals surface area contributed by atoms with Gasteiger partial charge in [0, 0.05) is 22.6 Å². The first kappa shape index (κ1) is 15.0. The molecule has 0 atom stereocenters. The molecule has 2 aromatic carbocycles. The van der Waals surface area contributed by atoms with Crippen LogP contribution in [0.15, 0.2) is 40.9 Å². The van der Waals surface area contributed by atoms with Gasteiger partial charge in [0.05, 0.1) is 16.2 Å². The molecule has 0 unspecified atom stereocenters. The molecule has 2 rings (SSSR count). The number of halogens is 1. The van der Waals surface area contributed by atoms with Crippen molar-refractivity contribution < 1.29 is 4.92 Å². The maximum absolute atomic E-state index is 10.9. The van der Waals surface area contributed by atoms with Crippen molar-refractivity contribution in [3.8, 4) is 6.07 Å². The van der Waals surface area contributed by atoms with E-state index in [1.807, 2.05) is 12.1 Å². The molecule has 0 fully saturated rings. The monoisotopic (exact) mass is 345 g/mol. The summed E-state index contributed by atoms with van der Waals surface area (Å²) < 4.78 is 0.830. The molecule has 0 bridgehead atoms. The zero-order valence-electron chi connectivity index (χ0n) is 11.3. The predicted molar refractivity (Wildman–Crippen MR) is 84.0 cm³/mol. The molecule has 0 saturated carbocycles. The second-order valence-corrected chi connectivity index (χ2v) is 5.39. The van der Waals surface area contributed by atoms with Gasteiger partial charge in [-0.05, 0) is 30.7 Å². The summed E-state index contributed by atoms with van der Waals surface area (Å²) in [6.07, 6.45) is 0. The first-order valence-corrected chi connectivity index (χ1v) is 6.98. The molecule has 0 heterocycles. The SMILES string of the molecule is Cc1c(CNc2ccc(Br)cc2C#N)cccc1[N+](=O)[O-]. The lowest BCUT2D eigenvalue weighted by molar-refractivity contribution is -0.385. The van der Waals surface area contributed by atoms with Crippen molar-refractivity contribution in [1.29, 1.82) is 5.26 Å². The standard InChI is InChI=1S/C15H12BrN3O2/c1-10-11(3-2-4-15(10)19(20)21)9-18-14-6-5-13(16)7-12(14)8-17/h2-7,18H,9H2,1H3. The third kappa shape index (κ3) is 3.38. The van der Waals surface area contributed by atoms with Gasteiger partial charge >= 0.3 is 0 Å². The molecule has 0 aliphatic carbocycles. The lowest BCUT2D eigenvalue weighted by Crippen LogP contribution is -2.04. The van der Waals surface area contributed by atoms with Crippen LogP contribution in [0.4, 0.5) is 11.4 Å². The molecule has 1 N–H and O–H groups in total. The minimum atomic E-state index is -0.390. The molecule has 0 aliphatic rings. The van der Waals surface area contributed by atoms with Gasteiger partial charge in [-0.3, -0.25) is 10.1 Å². The Bertz CT molecular complexity index is 738. The highest BCUT2D eigenvalue weighted by Gasteiger charge is 2.13. The van der Waals surface area contributed by atoms with Crippen LogP contribution in [0.5, 0.6) is 0 Å². The van der Waals surface area contributed by atoms with E-state index >= 15 is 0 Å². The molecule has 0 amide bonds. The second kappa shape index (κ2) is 6.37. The number of nitro benzene ring substituents is 1. The van der Waals surface area contributed by atoms with Crippen molar-refractivity contribution in [2.24, 2.45) is 0 Å². The van der Waals surface area contributed by atoms with Crippen LogP contribution in [0.1, 0.15) is 16.7 Å². The van der Waals surface area contributed by atoms with Gasteiger partial charge in [-0.25, -0.2) is 0 Å². The summed E-state index contributed by atoms with van der Waals surface area (Å²) in [5.74, 6) is 0. The van der Waals surface area contributed by atoms with Gasteiger partial charge in [-0.15, -0.1) is 0 Å². The number of nitrogens with zero attached hydrogens (tertiary/aromatic N) is 2. The first-order valence-electron chi connectivity index (χ1n) is 6.19. The number of rotatable bonds is 4. The fourth-order valence-corrected chi connectivity index (χ4v) is 2.37. The van der Waals surface area contributed by atoms with E-state index in [2.05, 4.69) is 27.3 Å². The summed E-state index contributed by atoms with van der Waals surface area (Å²) in [7, 11) is 0. The summed E-state index contributed by atoms with van der Waals surface area (Å²) >= 11 is 3.32. The van der Waals surface area contributed by atoms with Crippen molar-refractivity contribution in [2.45, 2.75) is 13.5 Å². The second-order valence-electron chi connectivity index (χ2n) is 4.47. The lowest BCUT2D eigenvalue weighted by Gasteiger charge is -2.10. The van der Waals surface area contributed by atoms with Crippen LogP contribution in [0.3, 0.4) is 0 Å². The molecule has 0 saturated heterocycles. The molecular formula is C15H12BrN3O2. The number of nitriles is 1. The number of nitrogens with one attached hydrogen (secondary N) is 1. The predicted octanol–water partition coefficient (Wildman–Crippen LogP) is 4.15. The summed E-state index contributed by atoms with van der Waals surface area (Å²) in [6, 6.07) is 12.5. The maximum atomic E-state index is 10.9. The Labute approximate surface area is 130 Å². The van der Waals surface area contributed by atoms with Gasteiger partial charge in [0.25, 0.3) is 5.69 Å². The normalized spacial score (nSPS) is 9.95. The molecular weight excluding hydrogens is 334 g/mol. The van der Waals surface area contributed by atoms with Gasteiger partial charge in [0.15, 0.2) is 0 Å². The molecule has 0 spiro atoms. The Morgan fingerprint density at radius 2 is 2.14 bits per heavy atom. The van der Waals surface area contributed by atoms with Crippen molar-refractivity contribution in [1.82, 2.24) is 0 Å².